The lowest BCUT2D eigenvalue weighted by molar-refractivity contribution is -0.157. The van der Waals surface area contributed by atoms with E-state index >= 15 is 0 Å². The minimum Gasteiger partial charge on any atom is -0.497 e. The summed E-state index contributed by atoms with van der Waals surface area (Å²) in [4.78, 5) is 41.4. The second kappa shape index (κ2) is 18.2. The summed E-state index contributed by atoms with van der Waals surface area (Å²) in [6.45, 7) is 9.24. The number of methoxy groups -OCH3 is 1. The van der Waals surface area contributed by atoms with Crippen molar-refractivity contribution >= 4 is 35.4 Å². The van der Waals surface area contributed by atoms with Gasteiger partial charge in [-0.1, -0.05) is 86.6 Å². The van der Waals surface area contributed by atoms with E-state index in [4.69, 9.17) is 18.9 Å². The Morgan fingerprint density at radius 2 is 1.48 bits per heavy atom. The first-order valence-corrected chi connectivity index (χ1v) is 17.7. The summed E-state index contributed by atoms with van der Waals surface area (Å²) in [5.41, 5.74) is 2.78. The van der Waals surface area contributed by atoms with Gasteiger partial charge in [-0.3, -0.25) is 4.79 Å². The second-order valence-electron chi connectivity index (χ2n) is 12.2. The largest absolute Gasteiger partial charge is 0.497 e. The molecule has 3 atom stereocenters. The zero-order chi connectivity index (χ0) is 36.1. The van der Waals surface area contributed by atoms with Crippen molar-refractivity contribution in [3.8, 4) is 11.5 Å². The third kappa shape index (κ3) is 10.5. The molecular formula is C40H46N2O7S. The van der Waals surface area contributed by atoms with Crippen molar-refractivity contribution in [2.24, 2.45) is 0 Å². The maximum absolute atomic E-state index is 14.7. The summed E-state index contributed by atoms with van der Waals surface area (Å²) in [6.07, 6.45) is -0.673. The van der Waals surface area contributed by atoms with Crippen LogP contribution < -0.4 is 14.8 Å². The predicted molar refractivity (Wildman–Crippen MR) is 197 cm³/mol. The number of para-hydroxylation sites is 1. The molecule has 4 aromatic rings. The first-order chi connectivity index (χ1) is 24.1. The molecule has 1 fully saturated rings. The number of nitrogens with zero attached hydrogens (tertiary/aromatic N) is 1. The van der Waals surface area contributed by atoms with Crippen LogP contribution in [-0.2, 0) is 24.8 Å². The summed E-state index contributed by atoms with van der Waals surface area (Å²) in [5.74, 6) is 0.858. The summed E-state index contributed by atoms with van der Waals surface area (Å²) >= 11 is 1.43. The van der Waals surface area contributed by atoms with Gasteiger partial charge in [0.2, 0.25) is 5.91 Å². The van der Waals surface area contributed by atoms with Crippen LogP contribution in [0.5, 0.6) is 11.5 Å². The van der Waals surface area contributed by atoms with Gasteiger partial charge in [0.25, 0.3) is 0 Å². The van der Waals surface area contributed by atoms with E-state index in [0.717, 1.165) is 28.1 Å². The molecular weight excluding hydrogens is 653 g/mol. The van der Waals surface area contributed by atoms with Crippen LogP contribution in [0.1, 0.15) is 63.4 Å². The van der Waals surface area contributed by atoms with Gasteiger partial charge < -0.3 is 24.3 Å². The topological polar surface area (TPSA) is 103 Å². The number of anilines is 1. The number of carbonyl (C=O) groups is 3. The van der Waals surface area contributed by atoms with Crippen molar-refractivity contribution in [3.63, 3.8) is 0 Å². The number of hydrogen-bond donors (Lipinski definition) is 1. The third-order valence-corrected chi connectivity index (χ3v) is 8.87. The number of amides is 2. The smallest absolute Gasteiger partial charge is 0.417 e. The van der Waals surface area contributed by atoms with Crippen molar-refractivity contribution in [3.05, 3.63) is 126 Å². The van der Waals surface area contributed by atoms with E-state index in [1.807, 2.05) is 111 Å². The van der Waals surface area contributed by atoms with Gasteiger partial charge in [0.15, 0.2) is 6.61 Å². The fourth-order valence-corrected chi connectivity index (χ4v) is 6.51. The SMILES string of the molecule is CC.COc1ccc(CS[C@@H](C(=O)N2C(=O)OC[C@@H]2c2ccccc2)[C@@H](Nc2ccccc2)c2ccc(OCC(=O)OC(C)(C)C)cc2)cc1. The molecule has 5 rings (SSSR count). The number of benzene rings is 4. The molecule has 2 amide bonds. The Morgan fingerprint density at radius 1 is 0.880 bits per heavy atom. The van der Waals surface area contributed by atoms with Gasteiger partial charge in [-0.25, -0.2) is 14.5 Å². The molecule has 1 heterocycles. The monoisotopic (exact) mass is 698 g/mol. The van der Waals surface area contributed by atoms with Gasteiger partial charge in [-0.05, 0) is 73.9 Å². The van der Waals surface area contributed by atoms with Crippen LogP contribution in [-0.4, -0.2) is 54.0 Å². The summed E-state index contributed by atoms with van der Waals surface area (Å²) in [7, 11) is 1.62. The zero-order valence-electron chi connectivity index (χ0n) is 29.5. The Balaban J connectivity index is 0.00000276. The van der Waals surface area contributed by atoms with Crippen molar-refractivity contribution in [2.45, 2.75) is 63.3 Å². The fourth-order valence-electron chi connectivity index (χ4n) is 5.27. The van der Waals surface area contributed by atoms with Crippen LogP contribution in [0.4, 0.5) is 10.5 Å². The standard InChI is InChI=1S/C38H40N2O7S.C2H6/c1-38(2,3)47-33(41)24-45-31-21-17-28(18-22-31)34(39-29-13-9-6-10-14-29)35(48-25-26-15-19-30(44-4)20-16-26)36(42)40-32(23-46-37(40)43)27-11-7-5-8-12-27;1-2/h5-22,32,34-35,39H,23-25H2,1-4H3;1-2H3/t32-,34+,35-;/m1./s1. The van der Waals surface area contributed by atoms with E-state index < -0.39 is 35.0 Å². The van der Waals surface area contributed by atoms with E-state index in [1.165, 1.54) is 16.7 Å². The molecule has 0 radical (unpaired) electrons. The van der Waals surface area contributed by atoms with Gasteiger partial charge in [-0.2, -0.15) is 0 Å². The highest BCUT2D eigenvalue weighted by atomic mass is 32.2. The second-order valence-corrected chi connectivity index (χ2v) is 13.4. The molecule has 0 aliphatic carbocycles. The van der Waals surface area contributed by atoms with Gasteiger partial charge >= 0.3 is 12.1 Å². The molecule has 50 heavy (non-hydrogen) atoms. The summed E-state index contributed by atoms with van der Waals surface area (Å²) < 4.78 is 21.8. The number of rotatable bonds is 13. The van der Waals surface area contributed by atoms with Crippen LogP contribution in [0.3, 0.4) is 0 Å². The Morgan fingerprint density at radius 3 is 2.08 bits per heavy atom. The Labute approximate surface area is 299 Å². The molecule has 0 aromatic heterocycles. The molecule has 9 nitrogen and oxygen atoms in total. The number of imide groups is 1. The highest BCUT2D eigenvalue weighted by Gasteiger charge is 2.44. The highest BCUT2D eigenvalue weighted by Crippen LogP contribution is 2.38. The number of carbonyl (C=O) groups excluding carboxylic acids is 3. The lowest BCUT2D eigenvalue weighted by Crippen LogP contribution is -2.44. The fraction of sp³-hybridized carbons (Fsp3) is 0.325. The lowest BCUT2D eigenvalue weighted by atomic mass is 10.00. The van der Waals surface area contributed by atoms with Crippen molar-refractivity contribution in [2.75, 3.05) is 25.6 Å². The molecule has 1 aliphatic rings. The zero-order valence-corrected chi connectivity index (χ0v) is 30.3. The average molecular weight is 699 g/mol. The van der Waals surface area contributed by atoms with E-state index in [1.54, 1.807) is 40.0 Å². The van der Waals surface area contributed by atoms with Gasteiger partial charge in [0.05, 0.1) is 13.2 Å². The van der Waals surface area contributed by atoms with Gasteiger partial charge in [-0.15, -0.1) is 11.8 Å². The first kappa shape index (κ1) is 37.9. The van der Waals surface area contributed by atoms with Crippen LogP contribution in [0.25, 0.3) is 0 Å². The van der Waals surface area contributed by atoms with Gasteiger partial charge in [0.1, 0.15) is 35.0 Å². The molecule has 0 spiro atoms. The molecule has 0 saturated carbocycles. The van der Waals surface area contributed by atoms with E-state index in [-0.39, 0.29) is 19.1 Å². The number of nitrogens with one attached hydrogen (secondary N) is 1. The van der Waals surface area contributed by atoms with E-state index in [9.17, 15) is 14.4 Å². The first-order valence-electron chi connectivity index (χ1n) is 16.7. The van der Waals surface area contributed by atoms with Gasteiger partial charge in [0, 0.05) is 11.4 Å². The van der Waals surface area contributed by atoms with Crippen molar-refractivity contribution in [1.82, 2.24) is 4.90 Å². The number of thioether (sulfide) groups is 1. The molecule has 10 heteroatoms. The average Bonchev–Trinajstić information content (AvgIpc) is 3.52. The number of cyclic esters (lactones) is 1. The summed E-state index contributed by atoms with van der Waals surface area (Å²) in [6, 6.07) is 32.8. The molecule has 0 unspecified atom stereocenters. The Hall–Kier alpha value is -4.96. The predicted octanol–water partition coefficient (Wildman–Crippen LogP) is 8.62. The Kier molecular flexibility index (Phi) is 13.7. The van der Waals surface area contributed by atoms with E-state index in [2.05, 4.69) is 5.32 Å². The molecule has 0 bridgehead atoms. The minimum absolute atomic E-state index is 0.0743. The van der Waals surface area contributed by atoms with Crippen LogP contribution in [0.2, 0.25) is 0 Å². The quantitative estimate of drug-likeness (QED) is 0.138. The number of hydrogen-bond acceptors (Lipinski definition) is 9. The lowest BCUT2D eigenvalue weighted by Gasteiger charge is -2.32. The normalized spacial score (nSPS) is 15.1. The molecule has 264 valence electrons. The Bertz CT molecular complexity index is 1660. The molecule has 1 N–H and O–H groups in total. The van der Waals surface area contributed by atoms with Crippen LogP contribution in [0, 0.1) is 0 Å². The molecule has 1 aliphatic heterocycles. The van der Waals surface area contributed by atoms with E-state index in [0.29, 0.717) is 11.5 Å². The maximum Gasteiger partial charge on any atom is 0.417 e. The highest BCUT2D eigenvalue weighted by molar-refractivity contribution is 7.99. The maximum atomic E-state index is 14.7. The summed E-state index contributed by atoms with van der Waals surface area (Å²) in [5, 5.41) is 2.80. The van der Waals surface area contributed by atoms with Crippen LogP contribution >= 0.6 is 11.8 Å². The van der Waals surface area contributed by atoms with Crippen molar-refractivity contribution < 1.29 is 33.3 Å². The number of ether oxygens (including phenoxy) is 4. The molecule has 1 saturated heterocycles. The third-order valence-electron chi connectivity index (χ3n) is 7.54. The van der Waals surface area contributed by atoms with Crippen molar-refractivity contribution in [1.29, 1.82) is 0 Å². The van der Waals surface area contributed by atoms with Crippen LogP contribution in [0.15, 0.2) is 109 Å². The minimum atomic E-state index is -0.766. The molecule has 4 aromatic carbocycles. The number of esters is 1.